The molecule has 3 nitrogen and oxygen atoms in total. The van der Waals surface area contributed by atoms with Crippen molar-refractivity contribution in [3.05, 3.63) is 28.8 Å². The number of halogens is 1. The van der Waals surface area contributed by atoms with Gasteiger partial charge in [-0.1, -0.05) is 24.6 Å². The maximum atomic E-state index is 12.1. The third-order valence-electron chi connectivity index (χ3n) is 4.05. The van der Waals surface area contributed by atoms with Crippen molar-refractivity contribution in [1.82, 2.24) is 5.32 Å². The molecule has 2 unspecified atom stereocenters. The first-order valence-corrected chi connectivity index (χ1v) is 7.71. The van der Waals surface area contributed by atoms with E-state index in [0.717, 1.165) is 18.7 Å². The van der Waals surface area contributed by atoms with Crippen LogP contribution in [0.5, 0.6) is 0 Å². The number of nitrogens with one attached hydrogen (secondary N) is 2. The summed E-state index contributed by atoms with van der Waals surface area (Å²) in [5.41, 5.74) is 1.80. The summed E-state index contributed by atoms with van der Waals surface area (Å²) in [4.78, 5) is 12.1. The van der Waals surface area contributed by atoms with E-state index in [1.54, 1.807) is 0 Å². The summed E-state index contributed by atoms with van der Waals surface area (Å²) < 4.78 is 0. The van der Waals surface area contributed by atoms with Gasteiger partial charge in [0, 0.05) is 6.42 Å². The number of aryl methyl sites for hydroxylation is 1. The van der Waals surface area contributed by atoms with E-state index in [9.17, 15) is 4.79 Å². The summed E-state index contributed by atoms with van der Waals surface area (Å²) in [6, 6.07) is 5.68. The van der Waals surface area contributed by atoms with Gasteiger partial charge in [0.15, 0.2) is 0 Å². The van der Waals surface area contributed by atoms with E-state index in [-0.39, 0.29) is 5.91 Å². The van der Waals surface area contributed by atoms with Gasteiger partial charge >= 0.3 is 0 Å². The van der Waals surface area contributed by atoms with Crippen LogP contribution in [-0.2, 0) is 4.79 Å². The fourth-order valence-corrected chi connectivity index (χ4v) is 3.03. The largest absolute Gasteiger partial charge is 0.325 e. The molecule has 20 heavy (non-hydrogen) atoms. The number of carbonyl (C=O) groups excluding carboxylic acids is 1. The molecule has 2 atom stereocenters. The van der Waals surface area contributed by atoms with Gasteiger partial charge in [-0.15, -0.1) is 0 Å². The van der Waals surface area contributed by atoms with Crippen LogP contribution in [0.15, 0.2) is 18.2 Å². The first-order valence-electron chi connectivity index (χ1n) is 7.33. The van der Waals surface area contributed by atoms with Crippen LogP contribution in [0.1, 0.15) is 31.7 Å². The lowest BCUT2D eigenvalue weighted by molar-refractivity contribution is -0.117. The Morgan fingerprint density at radius 1 is 1.55 bits per heavy atom. The maximum Gasteiger partial charge on any atom is 0.224 e. The Morgan fingerprint density at radius 3 is 3.00 bits per heavy atom. The van der Waals surface area contributed by atoms with Crippen molar-refractivity contribution in [2.24, 2.45) is 11.8 Å². The molecule has 0 saturated carbocycles. The average molecular weight is 295 g/mol. The number of hydrogen-bond donors (Lipinski definition) is 2. The molecule has 110 valence electrons. The quantitative estimate of drug-likeness (QED) is 0.890. The smallest absolute Gasteiger partial charge is 0.224 e. The SMILES string of the molecule is Cc1ccc(NC(=O)CC(C)C2CCCNC2)c(Cl)c1. The fraction of sp³-hybridized carbons (Fsp3) is 0.562. The number of piperidine rings is 1. The molecule has 1 fully saturated rings. The normalized spacial score (nSPS) is 20.4. The Balaban J connectivity index is 1.88. The van der Waals surface area contributed by atoms with Crippen LogP contribution in [0.3, 0.4) is 0 Å². The van der Waals surface area contributed by atoms with Gasteiger partial charge in [0.25, 0.3) is 0 Å². The minimum absolute atomic E-state index is 0.0498. The monoisotopic (exact) mass is 294 g/mol. The van der Waals surface area contributed by atoms with Crippen molar-refractivity contribution < 1.29 is 4.79 Å². The van der Waals surface area contributed by atoms with Crippen LogP contribution in [-0.4, -0.2) is 19.0 Å². The zero-order chi connectivity index (χ0) is 14.5. The van der Waals surface area contributed by atoms with Crippen molar-refractivity contribution in [2.45, 2.75) is 33.1 Å². The molecule has 0 aromatic heterocycles. The van der Waals surface area contributed by atoms with E-state index in [1.807, 2.05) is 25.1 Å². The van der Waals surface area contributed by atoms with Crippen molar-refractivity contribution >= 4 is 23.2 Å². The van der Waals surface area contributed by atoms with Gasteiger partial charge < -0.3 is 10.6 Å². The Hall–Kier alpha value is -1.06. The summed E-state index contributed by atoms with van der Waals surface area (Å²) in [6.45, 7) is 6.28. The van der Waals surface area contributed by atoms with Gasteiger partial charge in [0.05, 0.1) is 10.7 Å². The van der Waals surface area contributed by atoms with Gasteiger partial charge in [-0.3, -0.25) is 4.79 Å². The van der Waals surface area contributed by atoms with Gasteiger partial charge in [-0.25, -0.2) is 0 Å². The zero-order valence-corrected chi connectivity index (χ0v) is 13.0. The molecule has 0 radical (unpaired) electrons. The number of rotatable bonds is 4. The third-order valence-corrected chi connectivity index (χ3v) is 4.36. The first-order chi connectivity index (χ1) is 9.56. The molecule has 2 rings (SSSR count). The van der Waals surface area contributed by atoms with Crippen molar-refractivity contribution in [3.63, 3.8) is 0 Å². The maximum absolute atomic E-state index is 12.1. The van der Waals surface area contributed by atoms with E-state index in [0.29, 0.717) is 29.0 Å². The molecule has 1 aliphatic rings. The van der Waals surface area contributed by atoms with E-state index in [4.69, 9.17) is 11.6 Å². The lowest BCUT2D eigenvalue weighted by Crippen LogP contribution is -2.34. The predicted octanol–water partition coefficient (Wildman–Crippen LogP) is 3.61. The van der Waals surface area contributed by atoms with Crippen LogP contribution in [0, 0.1) is 18.8 Å². The number of carbonyl (C=O) groups is 1. The van der Waals surface area contributed by atoms with Crippen LogP contribution in [0.25, 0.3) is 0 Å². The summed E-state index contributed by atoms with van der Waals surface area (Å²) in [5.74, 6) is 1.05. The molecule has 0 spiro atoms. The lowest BCUT2D eigenvalue weighted by Gasteiger charge is -2.28. The van der Waals surface area contributed by atoms with E-state index in [1.165, 1.54) is 12.8 Å². The second-order valence-electron chi connectivity index (χ2n) is 5.82. The second-order valence-corrected chi connectivity index (χ2v) is 6.23. The summed E-state index contributed by atoms with van der Waals surface area (Å²) in [7, 11) is 0. The highest BCUT2D eigenvalue weighted by Crippen LogP contribution is 2.25. The fourth-order valence-electron chi connectivity index (χ4n) is 2.75. The molecule has 1 aromatic carbocycles. The predicted molar refractivity (Wildman–Crippen MR) is 84.2 cm³/mol. The molecular weight excluding hydrogens is 272 g/mol. The second kappa shape index (κ2) is 7.09. The highest BCUT2D eigenvalue weighted by atomic mass is 35.5. The third kappa shape index (κ3) is 4.22. The number of benzene rings is 1. The molecule has 1 aliphatic heterocycles. The van der Waals surface area contributed by atoms with Crippen LogP contribution < -0.4 is 10.6 Å². The first kappa shape index (κ1) is 15.3. The number of amides is 1. The molecule has 1 saturated heterocycles. The summed E-state index contributed by atoms with van der Waals surface area (Å²) in [6.07, 6.45) is 2.98. The van der Waals surface area contributed by atoms with Crippen molar-refractivity contribution in [1.29, 1.82) is 0 Å². The standard InChI is InChI=1S/C16H23ClN2O/c1-11-5-6-15(14(17)8-11)19-16(20)9-12(2)13-4-3-7-18-10-13/h5-6,8,12-13,18H,3-4,7,9-10H2,1-2H3,(H,19,20). The number of anilines is 1. The van der Waals surface area contributed by atoms with Gasteiger partial charge in [-0.05, 0) is 62.4 Å². The van der Waals surface area contributed by atoms with Crippen LogP contribution in [0.2, 0.25) is 5.02 Å². The van der Waals surface area contributed by atoms with E-state index < -0.39 is 0 Å². The average Bonchev–Trinajstić information content (AvgIpc) is 2.43. The molecule has 0 bridgehead atoms. The van der Waals surface area contributed by atoms with Crippen LogP contribution in [0.4, 0.5) is 5.69 Å². The van der Waals surface area contributed by atoms with E-state index >= 15 is 0 Å². The molecule has 1 amide bonds. The number of hydrogen-bond acceptors (Lipinski definition) is 2. The Morgan fingerprint density at radius 2 is 2.35 bits per heavy atom. The van der Waals surface area contributed by atoms with Crippen LogP contribution >= 0.6 is 11.6 Å². The molecule has 1 aromatic rings. The topological polar surface area (TPSA) is 41.1 Å². The minimum atomic E-state index is 0.0498. The lowest BCUT2D eigenvalue weighted by atomic mass is 9.85. The highest BCUT2D eigenvalue weighted by molar-refractivity contribution is 6.33. The summed E-state index contributed by atoms with van der Waals surface area (Å²) in [5, 5.41) is 6.92. The van der Waals surface area contributed by atoms with Gasteiger partial charge in [-0.2, -0.15) is 0 Å². The highest BCUT2D eigenvalue weighted by Gasteiger charge is 2.22. The van der Waals surface area contributed by atoms with Crippen molar-refractivity contribution in [2.75, 3.05) is 18.4 Å². The Bertz CT molecular complexity index is 470. The minimum Gasteiger partial charge on any atom is -0.325 e. The Kier molecular flexibility index (Phi) is 5.44. The molecule has 4 heteroatoms. The Labute approximate surface area is 126 Å². The zero-order valence-electron chi connectivity index (χ0n) is 12.2. The molecule has 1 heterocycles. The van der Waals surface area contributed by atoms with Crippen molar-refractivity contribution in [3.8, 4) is 0 Å². The summed E-state index contributed by atoms with van der Waals surface area (Å²) >= 11 is 6.13. The molecular formula is C16H23ClN2O. The van der Waals surface area contributed by atoms with Gasteiger partial charge in [0.2, 0.25) is 5.91 Å². The van der Waals surface area contributed by atoms with Gasteiger partial charge in [0.1, 0.15) is 0 Å². The molecule has 0 aliphatic carbocycles. The molecule has 2 N–H and O–H groups in total. The van der Waals surface area contributed by atoms with E-state index in [2.05, 4.69) is 17.6 Å².